The molecule has 0 saturated heterocycles. The fraction of sp³-hybridized carbons (Fsp3) is 0.684. The van der Waals surface area contributed by atoms with Gasteiger partial charge in [0.25, 0.3) is 0 Å². The predicted octanol–water partition coefficient (Wildman–Crippen LogP) is 3.85. The summed E-state index contributed by atoms with van der Waals surface area (Å²) in [6.07, 6.45) is 6.73. The minimum atomic E-state index is 0.764. The molecule has 0 spiro atoms. The summed E-state index contributed by atoms with van der Waals surface area (Å²) in [5.41, 5.74) is 3.02. The monoisotopic (exact) mass is 288 g/mol. The van der Waals surface area contributed by atoms with Gasteiger partial charge in [-0.2, -0.15) is 0 Å². The lowest BCUT2D eigenvalue weighted by atomic mass is 9.85. The van der Waals surface area contributed by atoms with E-state index in [1.807, 2.05) is 0 Å². The van der Waals surface area contributed by atoms with E-state index in [-0.39, 0.29) is 0 Å². The molecule has 1 N–H and O–H groups in total. The molecule has 2 unspecified atom stereocenters. The van der Waals surface area contributed by atoms with E-state index in [9.17, 15) is 0 Å². The largest absolute Gasteiger partial charge is 0.317 e. The van der Waals surface area contributed by atoms with Crippen molar-refractivity contribution in [3.8, 4) is 0 Å². The zero-order valence-corrected chi connectivity index (χ0v) is 14.1. The smallest absolute Gasteiger partial charge is 0.0236 e. The number of nitrogens with one attached hydrogen (secondary N) is 1. The Morgan fingerprint density at radius 2 is 1.86 bits per heavy atom. The summed E-state index contributed by atoms with van der Waals surface area (Å²) >= 11 is 0. The Labute approximate surface area is 130 Å². The summed E-state index contributed by atoms with van der Waals surface area (Å²) in [5.74, 6) is 0.845. The van der Waals surface area contributed by atoms with Crippen molar-refractivity contribution in [2.24, 2.45) is 5.92 Å². The molecule has 0 radical (unpaired) electrons. The third kappa shape index (κ3) is 4.82. The Morgan fingerprint density at radius 3 is 2.57 bits per heavy atom. The molecule has 1 aliphatic carbocycles. The van der Waals surface area contributed by atoms with Crippen molar-refractivity contribution in [1.82, 2.24) is 10.2 Å². The van der Waals surface area contributed by atoms with Crippen molar-refractivity contribution in [2.75, 3.05) is 20.1 Å². The topological polar surface area (TPSA) is 15.3 Å². The molecule has 2 nitrogen and oxygen atoms in total. The second kappa shape index (κ2) is 8.55. The molecule has 1 aromatic carbocycles. The van der Waals surface area contributed by atoms with Crippen LogP contribution in [0.2, 0.25) is 0 Å². The molecular formula is C19H32N2. The molecule has 2 atom stereocenters. The van der Waals surface area contributed by atoms with Crippen LogP contribution in [0.3, 0.4) is 0 Å². The van der Waals surface area contributed by atoms with Gasteiger partial charge in [-0.1, -0.05) is 51.0 Å². The number of rotatable bonds is 7. The van der Waals surface area contributed by atoms with Gasteiger partial charge < -0.3 is 5.32 Å². The Morgan fingerprint density at radius 1 is 1.14 bits per heavy atom. The molecule has 118 valence electrons. The van der Waals surface area contributed by atoms with Crippen LogP contribution in [-0.4, -0.2) is 31.1 Å². The van der Waals surface area contributed by atoms with Crippen molar-refractivity contribution < 1.29 is 0 Å². The van der Waals surface area contributed by atoms with E-state index in [1.54, 1.807) is 0 Å². The summed E-state index contributed by atoms with van der Waals surface area (Å²) in [7, 11) is 2.31. The fourth-order valence-corrected chi connectivity index (χ4v) is 3.69. The molecule has 0 aromatic heterocycles. The number of benzene rings is 1. The van der Waals surface area contributed by atoms with E-state index in [0.29, 0.717) is 0 Å². The molecule has 21 heavy (non-hydrogen) atoms. The molecule has 2 heteroatoms. The summed E-state index contributed by atoms with van der Waals surface area (Å²) in [6.45, 7) is 7.83. The van der Waals surface area contributed by atoms with Gasteiger partial charge in [-0.15, -0.1) is 0 Å². The molecule has 1 aliphatic rings. The van der Waals surface area contributed by atoms with E-state index in [0.717, 1.165) is 38.0 Å². The molecular weight excluding hydrogens is 256 g/mol. The van der Waals surface area contributed by atoms with Gasteiger partial charge in [0, 0.05) is 12.6 Å². The Bertz CT molecular complexity index is 416. The fourth-order valence-electron chi connectivity index (χ4n) is 3.69. The number of nitrogens with zero attached hydrogens (tertiary/aromatic N) is 1. The van der Waals surface area contributed by atoms with Gasteiger partial charge in [-0.05, 0) is 56.4 Å². The maximum Gasteiger partial charge on any atom is 0.0236 e. The first-order valence-corrected chi connectivity index (χ1v) is 8.70. The molecule has 0 bridgehead atoms. The van der Waals surface area contributed by atoms with Crippen LogP contribution in [0.25, 0.3) is 0 Å². The van der Waals surface area contributed by atoms with Crippen LogP contribution >= 0.6 is 0 Å². The highest BCUT2D eigenvalue weighted by atomic mass is 15.1. The van der Waals surface area contributed by atoms with Gasteiger partial charge in [0.05, 0.1) is 0 Å². The first kappa shape index (κ1) is 16.5. The van der Waals surface area contributed by atoms with Crippen molar-refractivity contribution in [1.29, 1.82) is 0 Å². The summed E-state index contributed by atoms with van der Waals surface area (Å²) in [5, 5.41) is 3.43. The van der Waals surface area contributed by atoms with E-state index >= 15 is 0 Å². The van der Waals surface area contributed by atoms with Crippen LogP contribution in [0.5, 0.6) is 0 Å². The third-order valence-corrected chi connectivity index (χ3v) is 4.99. The highest BCUT2D eigenvalue weighted by Gasteiger charge is 2.25. The highest BCUT2D eigenvalue weighted by molar-refractivity contribution is 5.27. The highest BCUT2D eigenvalue weighted by Crippen LogP contribution is 2.28. The molecule has 1 saturated carbocycles. The average Bonchev–Trinajstić information content (AvgIpc) is 2.49. The lowest BCUT2D eigenvalue weighted by Crippen LogP contribution is -2.38. The first-order chi connectivity index (χ1) is 10.2. The maximum atomic E-state index is 3.43. The molecule has 1 aromatic rings. The van der Waals surface area contributed by atoms with Crippen LogP contribution in [0, 0.1) is 5.92 Å². The normalized spacial score (nSPS) is 22.7. The quantitative estimate of drug-likeness (QED) is 0.767. The Hall–Kier alpha value is -0.860. The second-order valence-electron chi connectivity index (χ2n) is 6.62. The van der Waals surface area contributed by atoms with E-state index in [4.69, 9.17) is 0 Å². The van der Waals surface area contributed by atoms with Gasteiger partial charge in [-0.3, -0.25) is 4.90 Å². The molecule has 1 fully saturated rings. The summed E-state index contributed by atoms with van der Waals surface area (Å²) in [6, 6.07) is 9.73. The molecule has 2 rings (SSSR count). The van der Waals surface area contributed by atoms with E-state index < -0.39 is 0 Å². The maximum absolute atomic E-state index is 3.43. The van der Waals surface area contributed by atoms with Crippen LogP contribution in [0.1, 0.15) is 50.7 Å². The lowest BCUT2D eigenvalue weighted by molar-refractivity contribution is 0.133. The van der Waals surface area contributed by atoms with Crippen molar-refractivity contribution in [2.45, 2.75) is 58.5 Å². The number of likely N-dealkylation sites (N-methyl/N-ethyl adjacent to an activating group) is 1. The predicted molar refractivity (Wildman–Crippen MR) is 91.6 cm³/mol. The van der Waals surface area contributed by atoms with E-state index in [1.165, 1.54) is 36.8 Å². The minimum Gasteiger partial charge on any atom is -0.317 e. The summed E-state index contributed by atoms with van der Waals surface area (Å²) in [4.78, 5) is 2.59. The van der Waals surface area contributed by atoms with Crippen LogP contribution < -0.4 is 5.32 Å². The molecule has 0 amide bonds. The van der Waals surface area contributed by atoms with Crippen molar-refractivity contribution >= 4 is 0 Å². The SMILES string of the molecule is CCNCCc1ccccc1CN(C)C1CCCCC1C. The van der Waals surface area contributed by atoms with E-state index in [2.05, 4.69) is 55.4 Å². The Balaban J connectivity index is 1.97. The van der Waals surface area contributed by atoms with Crippen molar-refractivity contribution in [3.63, 3.8) is 0 Å². The van der Waals surface area contributed by atoms with Crippen molar-refractivity contribution in [3.05, 3.63) is 35.4 Å². The average molecular weight is 288 g/mol. The number of hydrogen-bond donors (Lipinski definition) is 1. The van der Waals surface area contributed by atoms with Gasteiger partial charge in [0.2, 0.25) is 0 Å². The van der Waals surface area contributed by atoms with Gasteiger partial charge in [0.1, 0.15) is 0 Å². The lowest BCUT2D eigenvalue weighted by Gasteiger charge is -2.36. The zero-order valence-electron chi connectivity index (χ0n) is 14.1. The summed E-state index contributed by atoms with van der Waals surface area (Å²) < 4.78 is 0. The first-order valence-electron chi connectivity index (χ1n) is 8.70. The Kier molecular flexibility index (Phi) is 6.72. The van der Waals surface area contributed by atoms with Gasteiger partial charge in [0.15, 0.2) is 0 Å². The van der Waals surface area contributed by atoms with Gasteiger partial charge in [-0.25, -0.2) is 0 Å². The number of hydrogen-bond acceptors (Lipinski definition) is 2. The molecule has 0 aliphatic heterocycles. The molecule has 0 heterocycles. The second-order valence-corrected chi connectivity index (χ2v) is 6.62. The standard InChI is InChI=1S/C19H32N2/c1-4-20-14-13-17-10-6-7-11-18(17)15-21(3)19-12-8-5-9-16(19)2/h6-7,10-11,16,19-20H,4-5,8-9,12-15H2,1-3H3. The minimum absolute atomic E-state index is 0.764. The third-order valence-electron chi connectivity index (χ3n) is 4.99. The van der Waals surface area contributed by atoms with Crippen LogP contribution in [0.15, 0.2) is 24.3 Å². The van der Waals surface area contributed by atoms with Crippen LogP contribution in [-0.2, 0) is 13.0 Å². The zero-order chi connectivity index (χ0) is 15.1. The van der Waals surface area contributed by atoms with Crippen LogP contribution in [0.4, 0.5) is 0 Å². The van der Waals surface area contributed by atoms with Gasteiger partial charge >= 0.3 is 0 Å².